The van der Waals surface area contributed by atoms with Crippen molar-refractivity contribution in [2.45, 2.75) is 19.8 Å². The van der Waals surface area contributed by atoms with Crippen molar-refractivity contribution >= 4 is 12.3 Å². The van der Waals surface area contributed by atoms with Gasteiger partial charge in [-0.05, 0) is 13.5 Å². The van der Waals surface area contributed by atoms with Crippen molar-refractivity contribution in [3.8, 4) is 0 Å². The number of rotatable bonds is 7. The number of carboxylic acids is 1. The van der Waals surface area contributed by atoms with E-state index < -0.39 is 5.97 Å². The highest BCUT2D eigenvalue weighted by Crippen LogP contribution is 2.04. The first-order valence-corrected chi connectivity index (χ1v) is 4.45. The molecule has 0 saturated heterocycles. The summed E-state index contributed by atoms with van der Waals surface area (Å²) in [4.78, 5) is 22.5. The highest BCUT2D eigenvalue weighted by Gasteiger charge is 2.11. The van der Waals surface area contributed by atoms with Crippen molar-refractivity contribution in [3.63, 3.8) is 0 Å². The number of likely N-dealkylation sites (N-methyl/N-ethyl adjacent to an activating group) is 1. The number of aldehydes is 1. The summed E-state index contributed by atoms with van der Waals surface area (Å²) in [6.45, 7) is 2.53. The second-order valence-corrected chi connectivity index (χ2v) is 3.28. The van der Waals surface area contributed by atoms with Crippen molar-refractivity contribution in [2.24, 2.45) is 5.92 Å². The summed E-state index contributed by atoms with van der Waals surface area (Å²) in [6.07, 6.45) is 2.68. The normalized spacial score (nSPS) is 12.8. The van der Waals surface area contributed by atoms with E-state index in [1.54, 1.807) is 11.9 Å². The molecule has 0 heterocycles. The second-order valence-electron chi connectivity index (χ2n) is 3.28. The molecule has 0 aliphatic heterocycles. The molecule has 0 rings (SSSR count). The predicted molar refractivity (Wildman–Crippen MR) is 49.6 cm³/mol. The molecule has 0 amide bonds. The van der Waals surface area contributed by atoms with E-state index in [2.05, 4.69) is 0 Å². The molecule has 0 aromatic heterocycles. The lowest BCUT2D eigenvalue weighted by atomic mass is 10.1. The number of carbonyl (C=O) groups excluding carboxylic acids is 1. The van der Waals surface area contributed by atoms with Gasteiger partial charge < -0.3 is 9.90 Å². The van der Waals surface area contributed by atoms with Crippen LogP contribution in [0.15, 0.2) is 0 Å². The third kappa shape index (κ3) is 6.28. The molecule has 0 aromatic carbocycles. The molecule has 0 radical (unpaired) electrons. The Labute approximate surface area is 78.5 Å². The molecule has 0 aliphatic rings. The minimum atomic E-state index is -0.858. The Bertz CT molecular complexity index is 170. The first-order valence-electron chi connectivity index (χ1n) is 4.45. The molecule has 0 bridgehead atoms. The van der Waals surface area contributed by atoms with E-state index in [0.29, 0.717) is 6.54 Å². The van der Waals surface area contributed by atoms with Gasteiger partial charge in [0.1, 0.15) is 6.29 Å². The fourth-order valence-corrected chi connectivity index (χ4v) is 1.27. The first-order chi connectivity index (χ1) is 6.10. The minimum absolute atomic E-state index is 0.00590. The summed E-state index contributed by atoms with van der Waals surface area (Å²) in [5, 5.41) is 8.47. The summed E-state index contributed by atoms with van der Waals surface area (Å²) in [6, 6.07) is 0. The molecule has 13 heavy (non-hydrogen) atoms. The van der Waals surface area contributed by atoms with Gasteiger partial charge >= 0.3 is 5.97 Å². The number of hydrogen-bond acceptors (Lipinski definition) is 3. The highest BCUT2D eigenvalue weighted by molar-refractivity contribution is 5.69. The zero-order valence-corrected chi connectivity index (χ0v) is 8.19. The Balaban J connectivity index is 3.78. The van der Waals surface area contributed by atoms with Crippen LogP contribution in [0.25, 0.3) is 0 Å². The van der Waals surface area contributed by atoms with E-state index in [4.69, 9.17) is 5.11 Å². The summed E-state index contributed by atoms with van der Waals surface area (Å²) < 4.78 is 0. The van der Waals surface area contributed by atoms with Crippen LogP contribution in [0.3, 0.4) is 0 Å². The Morgan fingerprint density at radius 1 is 1.62 bits per heavy atom. The summed E-state index contributed by atoms with van der Waals surface area (Å²) in [7, 11) is 1.71. The molecule has 76 valence electrons. The van der Waals surface area contributed by atoms with Crippen molar-refractivity contribution in [1.82, 2.24) is 4.90 Å². The molecule has 0 spiro atoms. The van der Waals surface area contributed by atoms with E-state index in [1.807, 2.05) is 6.92 Å². The van der Waals surface area contributed by atoms with Crippen molar-refractivity contribution in [1.29, 1.82) is 0 Å². The molecule has 4 nitrogen and oxygen atoms in total. The van der Waals surface area contributed by atoms with Gasteiger partial charge in [0.05, 0.1) is 6.54 Å². The SMILES string of the molecule is CCCC(C=O)CN(C)CC(=O)O. The van der Waals surface area contributed by atoms with Gasteiger partial charge in [-0.15, -0.1) is 0 Å². The lowest BCUT2D eigenvalue weighted by Crippen LogP contribution is -2.31. The number of carbonyl (C=O) groups is 2. The minimum Gasteiger partial charge on any atom is -0.480 e. The molecule has 0 aliphatic carbocycles. The summed E-state index contributed by atoms with van der Waals surface area (Å²) in [5.74, 6) is -0.891. The first kappa shape index (κ1) is 12.1. The number of hydrogen-bond donors (Lipinski definition) is 1. The molecule has 0 fully saturated rings. The number of aliphatic carboxylic acids is 1. The molecule has 1 N–H and O–H groups in total. The second kappa shape index (κ2) is 6.60. The fourth-order valence-electron chi connectivity index (χ4n) is 1.27. The van der Waals surface area contributed by atoms with Crippen molar-refractivity contribution in [2.75, 3.05) is 20.1 Å². The Morgan fingerprint density at radius 2 is 2.23 bits per heavy atom. The summed E-state index contributed by atoms with van der Waals surface area (Å²) in [5.41, 5.74) is 0. The van der Waals surface area contributed by atoms with Gasteiger partial charge in [0.25, 0.3) is 0 Å². The topological polar surface area (TPSA) is 57.6 Å². The van der Waals surface area contributed by atoms with Crippen LogP contribution in [-0.2, 0) is 9.59 Å². The quantitative estimate of drug-likeness (QED) is 0.593. The van der Waals surface area contributed by atoms with Gasteiger partial charge in [0.15, 0.2) is 0 Å². The van der Waals surface area contributed by atoms with Crippen LogP contribution in [-0.4, -0.2) is 42.4 Å². The van der Waals surface area contributed by atoms with Crippen LogP contribution >= 0.6 is 0 Å². The van der Waals surface area contributed by atoms with E-state index in [1.165, 1.54) is 0 Å². The zero-order chi connectivity index (χ0) is 10.3. The maximum absolute atomic E-state index is 10.5. The Morgan fingerprint density at radius 3 is 2.62 bits per heavy atom. The highest BCUT2D eigenvalue weighted by atomic mass is 16.4. The van der Waals surface area contributed by atoms with Gasteiger partial charge in [-0.25, -0.2) is 0 Å². The average molecular weight is 187 g/mol. The molecular formula is C9H17NO3. The van der Waals surface area contributed by atoms with Gasteiger partial charge in [0.2, 0.25) is 0 Å². The Kier molecular flexibility index (Phi) is 6.14. The number of carboxylic acid groups (broad SMARTS) is 1. The maximum Gasteiger partial charge on any atom is 0.317 e. The van der Waals surface area contributed by atoms with Crippen LogP contribution in [0, 0.1) is 5.92 Å². The Hall–Kier alpha value is -0.900. The van der Waals surface area contributed by atoms with Crippen LogP contribution in [0.5, 0.6) is 0 Å². The van der Waals surface area contributed by atoms with Gasteiger partial charge in [-0.1, -0.05) is 13.3 Å². The average Bonchev–Trinajstić information content (AvgIpc) is 2.02. The largest absolute Gasteiger partial charge is 0.480 e. The van der Waals surface area contributed by atoms with Crippen LogP contribution < -0.4 is 0 Å². The third-order valence-electron chi connectivity index (χ3n) is 1.80. The molecule has 4 heteroatoms. The van der Waals surface area contributed by atoms with Crippen LogP contribution in [0.1, 0.15) is 19.8 Å². The monoisotopic (exact) mass is 187 g/mol. The van der Waals surface area contributed by atoms with Gasteiger partial charge in [-0.3, -0.25) is 9.69 Å². The van der Waals surface area contributed by atoms with Crippen LogP contribution in [0.2, 0.25) is 0 Å². The maximum atomic E-state index is 10.5. The van der Waals surface area contributed by atoms with E-state index >= 15 is 0 Å². The van der Waals surface area contributed by atoms with Crippen molar-refractivity contribution in [3.05, 3.63) is 0 Å². The molecule has 0 saturated carbocycles. The molecular weight excluding hydrogens is 170 g/mol. The van der Waals surface area contributed by atoms with E-state index in [-0.39, 0.29) is 12.5 Å². The van der Waals surface area contributed by atoms with Crippen LogP contribution in [0.4, 0.5) is 0 Å². The lowest BCUT2D eigenvalue weighted by molar-refractivity contribution is -0.138. The van der Waals surface area contributed by atoms with E-state index in [0.717, 1.165) is 19.1 Å². The predicted octanol–water partition coefficient (Wildman–Crippen LogP) is 0.618. The lowest BCUT2D eigenvalue weighted by Gasteiger charge is -2.17. The molecule has 1 unspecified atom stereocenters. The van der Waals surface area contributed by atoms with Crippen molar-refractivity contribution < 1.29 is 14.7 Å². The molecule has 1 atom stereocenters. The summed E-state index contributed by atoms with van der Waals surface area (Å²) >= 11 is 0. The standard InChI is InChI=1S/C9H17NO3/c1-3-4-8(7-11)5-10(2)6-9(12)13/h7-8H,3-6H2,1-2H3,(H,12,13). The van der Waals surface area contributed by atoms with Gasteiger partial charge in [-0.2, -0.15) is 0 Å². The zero-order valence-electron chi connectivity index (χ0n) is 8.19. The molecule has 0 aromatic rings. The number of nitrogens with zero attached hydrogens (tertiary/aromatic N) is 1. The smallest absolute Gasteiger partial charge is 0.317 e. The fraction of sp³-hybridized carbons (Fsp3) is 0.778. The van der Waals surface area contributed by atoms with E-state index in [9.17, 15) is 9.59 Å². The third-order valence-corrected chi connectivity index (χ3v) is 1.80. The van der Waals surface area contributed by atoms with Gasteiger partial charge in [0, 0.05) is 12.5 Å².